The number of aliphatic hydroxyl groups excluding tert-OH is 1. The number of carboxylic acid groups (broad SMARTS) is 1. The van der Waals surface area contributed by atoms with Crippen molar-refractivity contribution in [1.82, 2.24) is 0 Å². The van der Waals surface area contributed by atoms with Gasteiger partial charge in [0.15, 0.2) is 0 Å². The highest BCUT2D eigenvalue weighted by atomic mass is 16.4. The van der Waals surface area contributed by atoms with Crippen molar-refractivity contribution in [2.24, 2.45) is 5.41 Å². The van der Waals surface area contributed by atoms with Crippen LogP contribution in [0.25, 0.3) is 5.57 Å². The predicted molar refractivity (Wildman–Crippen MR) is 123 cm³/mol. The summed E-state index contributed by atoms with van der Waals surface area (Å²) in [6.07, 6.45) is 0. The lowest BCUT2D eigenvalue weighted by atomic mass is 9.79. The summed E-state index contributed by atoms with van der Waals surface area (Å²) in [6, 6.07) is 8.82. The van der Waals surface area contributed by atoms with Crippen LogP contribution in [-0.2, 0) is 4.79 Å². The molecule has 0 heterocycles. The van der Waals surface area contributed by atoms with E-state index in [9.17, 15) is 5.11 Å². The molecule has 3 nitrogen and oxygen atoms in total. The Morgan fingerprint density at radius 2 is 0.931 bits per heavy atom. The average Bonchev–Trinajstić information content (AvgIpc) is 2.49. The number of aliphatic carboxylic acids is 1. The smallest absolute Gasteiger partial charge is 0.300 e. The molecule has 0 amide bonds. The Bertz CT molecular complexity index is 831. The van der Waals surface area contributed by atoms with E-state index in [1.54, 1.807) is 0 Å². The van der Waals surface area contributed by atoms with Crippen LogP contribution >= 0.6 is 0 Å². The summed E-state index contributed by atoms with van der Waals surface area (Å²) >= 11 is 0. The highest BCUT2D eigenvalue weighted by Gasteiger charge is 2.26. The largest absolute Gasteiger partial charge is 0.511 e. The second-order valence-corrected chi connectivity index (χ2v) is 9.04. The van der Waals surface area contributed by atoms with Gasteiger partial charge >= 0.3 is 0 Å². The van der Waals surface area contributed by atoms with Crippen LogP contribution in [0.5, 0.6) is 0 Å². The molecule has 29 heavy (non-hydrogen) atoms. The molecule has 0 aliphatic heterocycles. The molecule has 0 saturated carbocycles. The Morgan fingerprint density at radius 1 is 0.690 bits per heavy atom. The van der Waals surface area contributed by atoms with Crippen molar-refractivity contribution in [2.45, 2.75) is 69.2 Å². The van der Waals surface area contributed by atoms with Gasteiger partial charge in [0.2, 0.25) is 0 Å². The maximum Gasteiger partial charge on any atom is 0.300 e. The summed E-state index contributed by atoms with van der Waals surface area (Å²) in [5.74, 6) is -0.377. The average molecular weight is 397 g/mol. The second kappa shape index (κ2) is 9.30. The molecule has 0 aliphatic rings. The summed E-state index contributed by atoms with van der Waals surface area (Å²) in [5, 5.41) is 18.7. The van der Waals surface area contributed by atoms with E-state index in [4.69, 9.17) is 9.90 Å². The second-order valence-electron chi connectivity index (χ2n) is 9.04. The number of rotatable bonds is 2. The Kier molecular flexibility index (Phi) is 7.85. The standard InChI is InChI=1S/C24H32O.C2H4O2/c1-14-10-16(3)20(17(4)11-14)22(23(25)24(7,8)9)21-18(5)12-15(2)13-19(21)6;1-2(3)4/h10-13,25H,1-9H3;1H3,(H,3,4). The highest BCUT2D eigenvalue weighted by Crippen LogP contribution is 2.40. The summed E-state index contributed by atoms with van der Waals surface area (Å²) in [4.78, 5) is 9.00. The first-order valence-corrected chi connectivity index (χ1v) is 9.96. The van der Waals surface area contributed by atoms with Crippen molar-refractivity contribution >= 4 is 11.5 Å². The van der Waals surface area contributed by atoms with Crippen molar-refractivity contribution in [3.8, 4) is 0 Å². The van der Waals surface area contributed by atoms with Crippen LogP contribution in [0.15, 0.2) is 30.0 Å². The number of aliphatic hydroxyl groups is 1. The van der Waals surface area contributed by atoms with E-state index in [0.717, 1.165) is 23.6 Å². The van der Waals surface area contributed by atoms with Gasteiger partial charge in [0.1, 0.15) is 5.76 Å². The summed E-state index contributed by atoms with van der Waals surface area (Å²) < 4.78 is 0. The number of hydrogen-bond acceptors (Lipinski definition) is 2. The van der Waals surface area contributed by atoms with Crippen molar-refractivity contribution in [3.05, 3.63) is 74.5 Å². The lowest BCUT2D eigenvalue weighted by Crippen LogP contribution is -2.14. The molecule has 0 atom stereocenters. The van der Waals surface area contributed by atoms with Gasteiger partial charge in [-0.15, -0.1) is 0 Å². The van der Waals surface area contributed by atoms with Crippen molar-refractivity contribution < 1.29 is 15.0 Å². The molecule has 2 rings (SSSR count). The van der Waals surface area contributed by atoms with Crippen molar-refractivity contribution in [3.63, 3.8) is 0 Å². The van der Waals surface area contributed by atoms with Gasteiger partial charge in [-0.25, -0.2) is 0 Å². The normalized spacial score (nSPS) is 10.8. The zero-order valence-corrected chi connectivity index (χ0v) is 19.6. The number of carbonyl (C=O) groups is 1. The molecular formula is C26H36O3. The van der Waals surface area contributed by atoms with Gasteiger partial charge in [-0.1, -0.05) is 56.2 Å². The zero-order valence-electron chi connectivity index (χ0n) is 19.6. The van der Waals surface area contributed by atoms with E-state index in [0.29, 0.717) is 5.76 Å². The molecule has 0 spiro atoms. The first kappa shape index (κ1) is 24.5. The molecule has 2 aromatic rings. The van der Waals surface area contributed by atoms with Crippen LogP contribution in [0.3, 0.4) is 0 Å². The number of benzene rings is 2. The SMILES string of the molecule is CC(=O)O.Cc1cc(C)c(C(=C(O)C(C)(C)C)c2c(C)cc(C)cc2C)c(C)c1. The minimum absolute atomic E-state index is 0.317. The van der Waals surface area contributed by atoms with E-state index in [1.165, 1.54) is 33.4 Å². The molecule has 158 valence electrons. The Balaban J connectivity index is 0.000000960. The van der Waals surface area contributed by atoms with Gasteiger partial charge in [-0.05, 0) is 74.9 Å². The minimum Gasteiger partial charge on any atom is -0.511 e. The maximum absolute atomic E-state index is 11.3. The molecular weight excluding hydrogens is 360 g/mol. The molecule has 0 radical (unpaired) electrons. The third-order valence-corrected chi connectivity index (χ3v) is 4.80. The van der Waals surface area contributed by atoms with Crippen LogP contribution in [0.4, 0.5) is 0 Å². The number of aryl methyl sites for hydroxylation is 6. The zero-order chi connectivity index (χ0) is 22.7. The van der Waals surface area contributed by atoms with Gasteiger partial charge in [0.25, 0.3) is 5.97 Å². The molecule has 2 aromatic carbocycles. The van der Waals surface area contributed by atoms with Crippen LogP contribution in [0.1, 0.15) is 72.2 Å². The lowest BCUT2D eigenvalue weighted by Gasteiger charge is -2.26. The van der Waals surface area contributed by atoms with E-state index in [2.05, 4.69) is 86.6 Å². The third kappa shape index (κ3) is 6.22. The first-order valence-electron chi connectivity index (χ1n) is 9.96. The van der Waals surface area contributed by atoms with Crippen molar-refractivity contribution in [1.29, 1.82) is 0 Å². The molecule has 0 saturated heterocycles. The Labute approximate surface area is 176 Å². The van der Waals surface area contributed by atoms with E-state index in [1.807, 2.05) is 0 Å². The number of hydrogen-bond donors (Lipinski definition) is 2. The number of allylic oxidation sites excluding steroid dienone is 1. The van der Waals surface area contributed by atoms with E-state index in [-0.39, 0.29) is 5.41 Å². The first-order chi connectivity index (χ1) is 13.2. The third-order valence-electron chi connectivity index (χ3n) is 4.80. The fourth-order valence-corrected chi connectivity index (χ4v) is 3.89. The molecule has 3 heteroatoms. The fraction of sp³-hybridized carbons (Fsp3) is 0.423. The summed E-state index contributed by atoms with van der Waals surface area (Å²) in [5.41, 5.74) is 10.3. The van der Waals surface area contributed by atoms with Crippen LogP contribution in [0.2, 0.25) is 0 Å². The molecule has 0 bridgehead atoms. The van der Waals surface area contributed by atoms with Gasteiger partial charge in [0.05, 0.1) is 0 Å². The Hall–Kier alpha value is -2.55. The molecule has 2 N–H and O–H groups in total. The molecule has 0 unspecified atom stereocenters. The number of carboxylic acids is 1. The minimum atomic E-state index is -0.833. The molecule has 0 aromatic heterocycles. The highest BCUT2D eigenvalue weighted by molar-refractivity contribution is 5.87. The summed E-state index contributed by atoms with van der Waals surface area (Å²) in [7, 11) is 0. The van der Waals surface area contributed by atoms with E-state index < -0.39 is 5.97 Å². The van der Waals surface area contributed by atoms with Gasteiger partial charge in [0, 0.05) is 17.9 Å². The van der Waals surface area contributed by atoms with Crippen LogP contribution in [0, 0.1) is 47.0 Å². The summed E-state index contributed by atoms with van der Waals surface area (Å²) in [6.45, 7) is 20.1. The molecule has 0 aliphatic carbocycles. The molecule has 0 fully saturated rings. The van der Waals surface area contributed by atoms with Crippen LogP contribution < -0.4 is 0 Å². The van der Waals surface area contributed by atoms with E-state index >= 15 is 0 Å². The quantitative estimate of drug-likeness (QED) is 0.538. The topological polar surface area (TPSA) is 57.5 Å². The van der Waals surface area contributed by atoms with Gasteiger partial charge in [-0.3, -0.25) is 4.79 Å². The fourth-order valence-electron chi connectivity index (χ4n) is 3.89. The van der Waals surface area contributed by atoms with Gasteiger partial charge in [-0.2, -0.15) is 0 Å². The Morgan fingerprint density at radius 3 is 1.14 bits per heavy atom. The lowest BCUT2D eigenvalue weighted by molar-refractivity contribution is -0.134. The predicted octanol–water partition coefficient (Wildman–Crippen LogP) is 6.99. The monoisotopic (exact) mass is 396 g/mol. The van der Waals surface area contributed by atoms with Crippen molar-refractivity contribution in [2.75, 3.05) is 0 Å². The maximum atomic E-state index is 11.3. The van der Waals surface area contributed by atoms with Crippen LogP contribution in [-0.4, -0.2) is 16.2 Å². The van der Waals surface area contributed by atoms with Gasteiger partial charge < -0.3 is 10.2 Å².